The first-order valence-corrected chi connectivity index (χ1v) is 9.73. The molecule has 24 heavy (non-hydrogen) atoms. The van der Waals surface area contributed by atoms with Crippen LogP contribution in [-0.4, -0.2) is 52.3 Å². The molecule has 7 heteroatoms. The van der Waals surface area contributed by atoms with Gasteiger partial charge in [-0.05, 0) is 26.4 Å². The number of rotatable bonds is 7. The van der Waals surface area contributed by atoms with Crippen LogP contribution in [0.3, 0.4) is 0 Å². The van der Waals surface area contributed by atoms with Crippen molar-refractivity contribution in [2.75, 3.05) is 31.9 Å². The third kappa shape index (κ3) is 4.19. The average Bonchev–Trinajstić information content (AvgIpc) is 2.58. The van der Waals surface area contributed by atoms with Crippen molar-refractivity contribution >= 4 is 17.7 Å². The zero-order valence-corrected chi connectivity index (χ0v) is 15.9. The van der Waals surface area contributed by atoms with Crippen LogP contribution in [0, 0.1) is 12.8 Å². The molecule has 0 aromatic carbocycles. The first-order valence-electron chi connectivity index (χ1n) is 8.74. The molecule has 1 aliphatic rings. The fourth-order valence-electron chi connectivity index (χ4n) is 2.98. The Kier molecular flexibility index (Phi) is 6.86. The number of nitrogens with one attached hydrogen (secondary N) is 1. The number of aromatic nitrogens is 2. The Bertz CT molecular complexity index is 640. The van der Waals surface area contributed by atoms with Gasteiger partial charge in [-0.15, -0.1) is 0 Å². The van der Waals surface area contributed by atoms with Gasteiger partial charge in [0.05, 0.1) is 5.92 Å². The summed E-state index contributed by atoms with van der Waals surface area (Å²) in [6.45, 7) is 12.0. The van der Waals surface area contributed by atoms with Crippen molar-refractivity contribution in [2.45, 2.75) is 45.8 Å². The van der Waals surface area contributed by atoms with Gasteiger partial charge in [-0.1, -0.05) is 32.5 Å². The fourth-order valence-corrected chi connectivity index (χ4v) is 4.10. The second kappa shape index (κ2) is 8.67. The Labute approximate surface area is 148 Å². The molecular weight excluding hydrogens is 324 g/mol. The largest absolute Gasteiger partial charge is 0.354 e. The Balaban J connectivity index is 2.01. The Morgan fingerprint density at radius 1 is 1.38 bits per heavy atom. The van der Waals surface area contributed by atoms with Crippen molar-refractivity contribution in [3.63, 3.8) is 0 Å². The molecule has 0 aliphatic carbocycles. The molecule has 6 nitrogen and oxygen atoms in total. The van der Waals surface area contributed by atoms with E-state index in [1.54, 1.807) is 4.57 Å². The molecule has 1 amide bonds. The average molecular weight is 353 g/mol. The fraction of sp³-hybridized carbons (Fsp3) is 0.706. The molecule has 1 atom stereocenters. The minimum atomic E-state index is -0.175. The maximum Gasteiger partial charge on any atom is 0.257 e. The maximum absolute atomic E-state index is 12.6. The Morgan fingerprint density at radius 3 is 2.71 bits per heavy atom. The van der Waals surface area contributed by atoms with E-state index in [1.165, 1.54) is 11.8 Å². The molecule has 0 radical (unpaired) electrons. The molecule has 134 valence electrons. The summed E-state index contributed by atoms with van der Waals surface area (Å²) in [6.07, 6.45) is 0.670. The van der Waals surface area contributed by atoms with E-state index >= 15 is 0 Å². The van der Waals surface area contributed by atoms with Gasteiger partial charge in [0.1, 0.15) is 0 Å². The van der Waals surface area contributed by atoms with Crippen LogP contribution in [0.1, 0.15) is 32.0 Å². The molecule has 1 aromatic heterocycles. The van der Waals surface area contributed by atoms with E-state index in [-0.39, 0.29) is 17.4 Å². The zero-order valence-electron chi connectivity index (χ0n) is 15.1. The van der Waals surface area contributed by atoms with Gasteiger partial charge in [-0.25, -0.2) is 4.98 Å². The van der Waals surface area contributed by atoms with Crippen molar-refractivity contribution in [1.82, 2.24) is 19.8 Å². The first kappa shape index (κ1) is 19.0. The molecule has 1 aliphatic heterocycles. The molecule has 1 N–H and O–H groups in total. The third-order valence-corrected chi connectivity index (χ3v) is 5.74. The molecule has 0 saturated carbocycles. The summed E-state index contributed by atoms with van der Waals surface area (Å²) in [4.78, 5) is 31.8. The quantitative estimate of drug-likeness (QED) is 0.749. The monoisotopic (exact) mass is 352 g/mol. The Morgan fingerprint density at radius 2 is 2.08 bits per heavy atom. The highest BCUT2D eigenvalue weighted by Gasteiger charge is 2.27. The smallest absolute Gasteiger partial charge is 0.257 e. The van der Waals surface area contributed by atoms with Crippen molar-refractivity contribution < 1.29 is 4.79 Å². The normalized spacial score (nSPS) is 17.0. The lowest BCUT2D eigenvalue weighted by Crippen LogP contribution is -2.43. The number of hydrogen-bond donors (Lipinski definition) is 1. The maximum atomic E-state index is 12.6. The third-order valence-electron chi connectivity index (χ3n) is 4.60. The summed E-state index contributed by atoms with van der Waals surface area (Å²) in [5.74, 6) is 0.533. The van der Waals surface area contributed by atoms with E-state index in [4.69, 9.17) is 0 Å². The van der Waals surface area contributed by atoms with Crippen LogP contribution in [-0.2, 0) is 17.8 Å². The van der Waals surface area contributed by atoms with Crippen LogP contribution in [0.15, 0.2) is 9.95 Å². The minimum absolute atomic E-state index is 0.00754. The minimum Gasteiger partial charge on any atom is -0.354 e. The topological polar surface area (TPSA) is 67.2 Å². The lowest BCUT2D eigenvalue weighted by molar-refractivity contribution is -0.124. The van der Waals surface area contributed by atoms with E-state index in [9.17, 15) is 9.59 Å². The van der Waals surface area contributed by atoms with Gasteiger partial charge >= 0.3 is 0 Å². The lowest BCUT2D eigenvalue weighted by atomic mass is 10.1. The summed E-state index contributed by atoms with van der Waals surface area (Å²) in [5.41, 5.74) is 1.57. The van der Waals surface area contributed by atoms with E-state index in [0.717, 1.165) is 36.0 Å². The summed E-state index contributed by atoms with van der Waals surface area (Å²) in [7, 11) is 0. The van der Waals surface area contributed by atoms with Gasteiger partial charge in [0.15, 0.2) is 5.16 Å². The predicted molar refractivity (Wildman–Crippen MR) is 97.6 cm³/mol. The zero-order chi connectivity index (χ0) is 17.7. The van der Waals surface area contributed by atoms with Gasteiger partial charge in [0.2, 0.25) is 5.91 Å². The van der Waals surface area contributed by atoms with Gasteiger partial charge in [-0.2, -0.15) is 0 Å². The number of hydrogen-bond acceptors (Lipinski definition) is 5. The molecular formula is C17H28N4O2S. The molecule has 0 fully saturated rings. The number of thioether (sulfide) groups is 1. The van der Waals surface area contributed by atoms with Crippen LogP contribution in [0.4, 0.5) is 0 Å². The highest BCUT2D eigenvalue weighted by Crippen LogP contribution is 2.25. The molecule has 2 rings (SSSR count). The summed E-state index contributed by atoms with van der Waals surface area (Å²) in [6, 6.07) is 0. The van der Waals surface area contributed by atoms with Crippen LogP contribution < -0.4 is 10.9 Å². The predicted octanol–water partition coefficient (Wildman–Crippen LogP) is 1.29. The van der Waals surface area contributed by atoms with Crippen LogP contribution in [0.2, 0.25) is 0 Å². The van der Waals surface area contributed by atoms with E-state index < -0.39 is 0 Å². The van der Waals surface area contributed by atoms with Crippen molar-refractivity contribution in [1.29, 1.82) is 0 Å². The van der Waals surface area contributed by atoms with Crippen LogP contribution in [0.5, 0.6) is 0 Å². The molecule has 1 aromatic rings. The first-order chi connectivity index (χ1) is 11.5. The summed E-state index contributed by atoms with van der Waals surface area (Å²) < 4.78 is 1.68. The number of amides is 1. The van der Waals surface area contributed by atoms with Crippen LogP contribution in [0.25, 0.3) is 0 Å². The number of nitrogens with zero attached hydrogens (tertiary/aromatic N) is 3. The van der Waals surface area contributed by atoms with Gasteiger partial charge in [-0.3, -0.25) is 14.2 Å². The number of carbonyl (C=O) groups excluding carboxylic acids is 1. The highest BCUT2D eigenvalue weighted by atomic mass is 32.2. The number of fused-ring (bicyclic) bond motifs is 1. The van der Waals surface area contributed by atoms with Gasteiger partial charge < -0.3 is 10.2 Å². The second-order valence-corrected chi connectivity index (χ2v) is 7.04. The van der Waals surface area contributed by atoms with E-state index in [1.807, 2.05) is 13.8 Å². The standard InChI is InChI=1S/C17H28N4O2S/c1-5-14-12(4)19-17-21(16(14)23)10-13(11-24-17)15(22)18-8-9-20(6-2)7-3/h13H,5-11H2,1-4H3,(H,18,22). The molecule has 0 bridgehead atoms. The van der Waals surface area contributed by atoms with E-state index in [2.05, 4.69) is 29.0 Å². The molecule has 2 heterocycles. The number of aryl methyl sites for hydroxylation is 1. The van der Waals surface area contributed by atoms with Crippen molar-refractivity contribution in [2.24, 2.45) is 5.92 Å². The molecule has 0 spiro atoms. The van der Waals surface area contributed by atoms with Crippen molar-refractivity contribution in [3.8, 4) is 0 Å². The summed E-state index contributed by atoms with van der Waals surface area (Å²) >= 11 is 1.50. The summed E-state index contributed by atoms with van der Waals surface area (Å²) in [5, 5.41) is 3.75. The Hall–Kier alpha value is -1.34. The number of likely N-dealkylation sites (N-methyl/N-ethyl adjacent to an activating group) is 1. The van der Waals surface area contributed by atoms with E-state index in [0.29, 0.717) is 25.3 Å². The second-order valence-electron chi connectivity index (χ2n) is 6.05. The van der Waals surface area contributed by atoms with Crippen LogP contribution >= 0.6 is 11.8 Å². The highest BCUT2D eigenvalue weighted by molar-refractivity contribution is 7.99. The van der Waals surface area contributed by atoms with Gasteiger partial charge in [0, 0.05) is 36.6 Å². The SMILES string of the molecule is CCc1c(C)nc2n(c1=O)CC(C(=O)NCCN(CC)CC)CS2. The molecule has 1 unspecified atom stereocenters. The van der Waals surface area contributed by atoms with Crippen molar-refractivity contribution in [3.05, 3.63) is 21.6 Å². The lowest BCUT2D eigenvalue weighted by Gasteiger charge is -2.26. The van der Waals surface area contributed by atoms with Gasteiger partial charge in [0.25, 0.3) is 5.56 Å². The molecule has 0 saturated heterocycles. The number of carbonyl (C=O) groups is 1.